The topological polar surface area (TPSA) is 65.2 Å². The summed E-state index contributed by atoms with van der Waals surface area (Å²) in [6.45, 7) is 0. The number of pyridine rings is 1. The maximum atomic E-state index is 11.0. The zero-order chi connectivity index (χ0) is 10.0. The molecule has 0 amide bonds. The van der Waals surface area contributed by atoms with E-state index in [0.29, 0.717) is 0 Å². The van der Waals surface area contributed by atoms with Gasteiger partial charge in [-0.1, -0.05) is 11.6 Å². The second-order valence-corrected chi connectivity index (χ2v) is 2.69. The van der Waals surface area contributed by atoms with Crippen molar-refractivity contribution in [1.82, 2.24) is 4.98 Å². The predicted molar refractivity (Wildman–Crippen MR) is 50.4 cm³/mol. The lowest BCUT2D eigenvalue weighted by Gasteiger charge is -2.05. The third-order valence-corrected chi connectivity index (χ3v) is 1.71. The monoisotopic (exact) mass is 196 g/mol. The minimum Gasteiger partial charge on any atom is -0.464 e. The van der Waals surface area contributed by atoms with Gasteiger partial charge in [0.2, 0.25) is 0 Å². The highest BCUT2D eigenvalue weighted by molar-refractivity contribution is 6.44. The number of ether oxygens (including phenoxy) is 1. The first kappa shape index (κ1) is 9.86. The van der Waals surface area contributed by atoms with Crippen LogP contribution in [0, 0.1) is 0 Å². The zero-order valence-electron chi connectivity index (χ0n) is 6.87. The van der Waals surface area contributed by atoms with Crippen LogP contribution in [0.5, 0.6) is 0 Å². The summed E-state index contributed by atoms with van der Waals surface area (Å²) in [5.74, 6) is -0.638. The number of carbonyl (C=O) groups excluding carboxylic acids is 1. The van der Waals surface area contributed by atoms with Crippen LogP contribution in [0.3, 0.4) is 0 Å². The van der Waals surface area contributed by atoms with Gasteiger partial charge in [-0.25, -0.2) is 4.79 Å². The van der Waals surface area contributed by atoms with E-state index >= 15 is 0 Å². The Labute approximate surface area is 81.5 Å². The van der Waals surface area contributed by atoms with Crippen molar-refractivity contribution in [3.8, 4) is 0 Å². The lowest BCUT2D eigenvalue weighted by Crippen LogP contribution is -2.18. The van der Waals surface area contributed by atoms with Crippen LogP contribution in [0.4, 0.5) is 5.69 Å². The molecule has 0 aromatic carbocycles. The zero-order valence-corrected chi connectivity index (χ0v) is 7.63. The van der Waals surface area contributed by atoms with Crippen LogP contribution >= 0.6 is 11.6 Å². The standard InChI is InChI=1S/C7H6BClN2O2/c1-13-7(12)5-4(10)2-3(9)6(8)11-5/h2H,10H2,1H3. The molecule has 0 bridgehead atoms. The molecule has 0 fully saturated rings. The Morgan fingerprint density at radius 1 is 1.77 bits per heavy atom. The number of nitrogens with two attached hydrogens (primary N) is 1. The molecule has 0 saturated carbocycles. The number of hydrogen-bond donors (Lipinski definition) is 1. The van der Waals surface area contributed by atoms with Gasteiger partial charge in [0.1, 0.15) is 7.85 Å². The minimum atomic E-state index is -0.638. The maximum absolute atomic E-state index is 11.0. The van der Waals surface area contributed by atoms with E-state index < -0.39 is 5.97 Å². The third-order valence-electron chi connectivity index (χ3n) is 1.41. The molecular weight excluding hydrogens is 190 g/mol. The first-order chi connectivity index (χ1) is 6.06. The molecule has 4 nitrogen and oxygen atoms in total. The van der Waals surface area contributed by atoms with Gasteiger partial charge in [-0.3, -0.25) is 4.98 Å². The summed E-state index contributed by atoms with van der Waals surface area (Å²) < 4.78 is 4.43. The van der Waals surface area contributed by atoms with Crippen LogP contribution in [-0.2, 0) is 4.74 Å². The van der Waals surface area contributed by atoms with Crippen molar-refractivity contribution >= 4 is 36.7 Å². The Morgan fingerprint density at radius 2 is 2.38 bits per heavy atom. The van der Waals surface area contributed by atoms with Gasteiger partial charge in [-0.05, 0) is 6.07 Å². The molecule has 2 N–H and O–H groups in total. The van der Waals surface area contributed by atoms with E-state index in [-0.39, 0.29) is 22.0 Å². The van der Waals surface area contributed by atoms with Crippen LogP contribution in [0.25, 0.3) is 0 Å². The number of nitrogen functional groups attached to an aromatic ring is 1. The molecule has 1 aromatic heterocycles. The fourth-order valence-corrected chi connectivity index (χ4v) is 0.937. The number of esters is 1. The number of carbonyl (C=O) groups is 1. The predicted octanol–water partition coefficient (Wildman–Crippen LogP) is -0.102. The van der Waals surface area contributed by atoms with Gasteiger partial charge < -0.3 is 10.5 Å². The molecule has 1 aromatic rings. The first-order valence-corrected chi connectivity index (χ1v) is 3.74. The summed E-state index contributed by atoms with van der Waals surface area (Å²) in [4.78, 5) is 14.7. The fraction of sp³-hybridized carbons (Fsp3) is 0.143. The molecule has 0 aliphatic rings. The summed E-state index contributed by atoms with van der Waals surface area (Å²) in [5.41, 5.74) is 5.64. The largest absolute Gasteiger partial charge is 0.464 e. The second-order valence-electron chi connectivity index (χ2n) is 2.28. The highest BCUT2D eigenvalue weighted by Crippen LogP contribution is 2.13. The fourth-order valence-electron chi connectivity index (χ4n) is 0.777. The van der Waals surface area contributed by atoms with Crippen LogP contribution in [0.2, 0.25) is 5.02 Å². The van der Waals surface area contributed by atoms with E-state index in [1.54, 1.807) is 0 Å². The SMILES string of the molecule is [B]c1nc(C(=O)OC)c(N)cc1Cl. The molecule has 0 atom stereocenters. The number of aromatic nitrogens is 1. The van der Waals surface area contributed by atoms with Gasteiger partial charge in [-0.2, -0.15) is 0 Å². The number of anilines is 1. The van der Waals surface area contributed by atoms with E-state index in [4.69, 9.17) is 25.2 Å². The Kier molecular flexibility index (Phi) is 2.77. The summed E-state index contributed by atoms with van der Waals surface area (Å²) in [6, 6.07) is 1.36. The molecule has 0 aliphatic heterocycles. The normalized spacial score (nSPS) is 9.69. The quantitative estimate of drug-likeness (QED) is 0.503. The minimum absolute atomic E-state index is 0.0237. The van der Waals surface area contributed by atoms with Crippen LogP contribution < -0.4 is 11.3 Å². The van der Waals surface area contributed by atoms with Gasteiger partial charge in [0, 0.05) is 5.59 Å². The number of halogens is 1. The molecule has 6 heteroatoms. The van der Waals surface area contributed by atoms with Gasteiger partial charge in [-0.15, -0.1) is 0 Å². The number of rotatable bonds is 1. The summed E-state index contributed by atoms with van der Waals surface area (Å²) in [5, 5.41) is 0.213. The molecule has 1 heterocycles. The second kappa shape index (κ2) is 3.66. The molecule has 0 aliphatic carbocycles. The van der Waals surface area contributed by atoms with Gasteiger partial charge >= 0.3 is 5.97 Å². The Morgan fingerprint density at radius 3 is 2.92 bits per heavy atom. The Balaban J connectivity index is 3.23. The van der Waals surface area contributed by atoms with E-state index in [1.807, 2.05) is 0 Å². The van der Waals surface area contributed by atoms with E-state index in [0.717, 1.165) is 0 Å². The molecular formula is C7H6BClN2O2. The molecule has 0 unspecified atom stereocenters. The van der Waals surface area contributed by atoms with Crippen LogP contribution in [0.15, 0.2) is 6.07 Å². The Hall–Kier alpha value is -1.23. The molecule has 2 radical (unpaired) electrons. The van der Waals surface area contributed by atoms with E-state index in [9.17, 15) is 4.79 Å². The molecule has 66 valence electrons. The summed E-state index contributed by atoms with van der Waals surface area (Å²) in [7, 11) is 6.61. The van der Waals surface area contributed by atoms with E-state index in [1.165, 1.54) is 13.2 Å². The van der Waals surface area contributed by atoms with Gasteiger partial charge in [0.25, 0.3) is 0 Å². The average Bonchev–Trinajstić information content (AvgIpc) is 2.10. The summed E-state index contributed by atoms with van der Waals surface area (Å²) >= 11 is 5.61. The third kappa shape index (κ3) is 1.92. The number of methoxy groups -OCH3 is 1. The van der Waals surface area contributed by atoms with Crippen molar-refractivity contribution in [3.05, 3.63) is 16.8 Å². The molecule has 13 heavy (non-hydrogen) atoms. The van der Waals surface area contributed by atoms with E-state index in [2.05, 4.69) is 9.72 Å². The Bertz CT molecular complexity index is 357. The molecule has 1 rings (SSSR count). The number of nitrogens with zero attached hydrogens (tertiary/aromatic N) is 1. The highest BCUT2D eigenvalue weighted by Gasteiger charge is 2.13. The van der Waals surface area contributed by atoms with Crippen molar-refractivity contribution in [1.29, 1.82) is 0 Å². The van der Waals surface area contributed by atoms with Gasteiger partial charge in [0.05, 0.1) is 17.8 Å². The van der Waals surface area contributed by atoms with Crippen molar-refractivity contribution < 1.29 is 9.53 Å². The van der Waals surface area contributed by atoms with Crippen LogP contribution in [-0.4, -0.2) is 25.9 Å². The smallest absolute Gasteiger partial charge is 0.358 e. The highest BCUT2D eigenvalue weighted by atomic mass is 35.5. The summed E-state index contributed by atoms with van der Waals surface area (Å²) in [6.07, 6.45) is 0. The van der Waals surface area contributed by atoms with Crippen LogP contribution in [0.1, 0.15) is 10.5 Å². The maximum Gasteiger partial charge on any atom is 0.358 e. The lowest BCUT2D eigenvalue weighted by molar-refractivity contribution is 0.0595. The number of hydrogen-bond acceptors (Lipinski definition) is 4. The average molecular weight is 196 g/mol. The van der Waals surface area contributed by atoms with Gasteiger partial charge in [0.15, 0.2) is 5.69 Å². The molecule has 0 spiro atoms. The van der Waals surface area contributed by atoms with Crippen molar-refractivity contribution in [3.63, 3.8) is 0 Å². The molecule has 0 saturated heterocycles. The first-order valence-electron chi connectivity index (χ1n) is 3.36. The lowest BCUT2D eigenvalue weighted by atomic mass is 10.0. The van der Waals surface area contributed by atoms with Crippen molar-refractivity contribution in [2.24, 2.45) is 0 Å². The van der Waals surface area contributed by atoms with Crippen molar-refractivity contribution in [2.45, 2.75) is 0 Å². The van der Waals surface area contributed by atoms with Crippen molar-refractivity contribution in [2.75, 3.05) is 12.8 Å².